The normalized spacial score (nSPS) is 14.2. The van der Waals surface area contributed by atoms with E-state index in [0.29, 0.717) is 18.8 Å². The lowest BCUT2D eigenvalue weighted by Gasteiger charge is -2.12. The monoisotopic (exact) mass is 355 g/mol. The number of carbonyl (C=O) groups is 1. The van der Waals surface area contributed by atoms with E-state index in [1.807, 2.05) is 18.4 Å². The minimum absolute atomic E-state index is 0.0171. The van der Waals surface area contributed by atoms with E-state index in [0.717, 1.165) is 32.6 Å². The standard InChI is InChI=1S/C18H21N5OS/c1-10-8-11(2)16(12(3)9-10)19-14(24)6-7-15-22-23-17(13-4-5-13)20-21-18(23)25-15/h8-9,13H,4-7H2,1-3H3,(H,19,24). The van der Waals surface area contributed by atoms with Crippen molar-refractivity contribution in [3.05, 3.63) is 39.7 Å². The average molecular weight is 355 g/mol. The first-order valence-corrected chi connectivity index (χ1v) is 9.41. The molecule has 0 saturated heterocycles. The summed E-state index contributed by atoms with van der Waals surface area (Å²) < 4.78 is 1.85. The largest absolute Gasteiger partial charge is 0.326 e. The number of hydrogen-bond donors (Lipinski definition) is 1. The number of rotatable bonds is 5. The number of nitrogens with one attached hydrogen (secondary N) is 1. The minimum Gasteiger partial charge on any atom is -0.326 e. The fraction of sp³-hybridized carbons (Fsp3) is 0.444. The molecule has 1 fully saturated rings. The summed E-state index contributed by atoms with van der Waals surface area (Å²) in [5.41, 5.74) is 4.32. The Morgan fingerprint density at radius 1 is 1.24 bits per heavy atom. The molecule has 1 aliphatic rings. The molecule has 6 nitrogen and oxygen atoms in total. The lowest BCUT2D eigenvalue weighted by Crippen LogP contribution is -2.14. The third-order valence-corrected chi connectivity index (χ3v) is 5.47. The molecule has 0 unspecified atom stereocenters. The zero-order valence-electron chi connectivity index (χ0n) is 14.7. The van der Waals surface area contributed by atoms with E-state index in [1.54, 1.807) is 0 Å². The van der Waals surface area contributed by atoms with Crippen LogP contribution in [-0.4, -0.2) is 25.7 Å². The summed E-state index contributed by atoms with van der Waals surface area (Å²) in [4.78, 5) is 13.2. The Labute approximate surface area is 150 Å². The number of nitrogens with zero attached hydrogens (tertiary/aromatic N) is 4. The first kappa shape index (κ1) is 16.2. The molecule has 25 heavy (non-hydrogen) atoms. The maximum Gasteiger partial charge on any atom is 0.234 e. The van der Waals surface area contributed by atoms with Gasteiger partial charge in [0.1, 0.15) is 5.01 Å². The minimum atomic E-state index is 0.0171. The Hall–Kier alpha value is -2.28. The van der Waals surface area contributed by atoms with Crippen molar-refractivity contribution in [2.24, 2.45) is 0 Å². The molecule has 1 aliphatic carbocycles. The molecule has 0 aliphatic heterocycles. The number of amides is 1. The summed E-state index contributed by atoms with van der Waals surface area (Å²) in [5.74, 6) is 1.50. The quantitative estimate of drug-likeness (QED) is 0.759. The Kier molecular flexibility index (Phi) is 4.03. The SMILES string of the molecule is Cc1cc(C)c(NC(=O)CCc2nn3c(C4CC4)nnc3s2)c(C)c1. The first-order chi connectivity index (χ1) is 12.0. The van der Waals surface area contributed by atoms with Crippen LogP contribution in [0.4, 0.5) is 5.69 Å². The van der Waals surface area contributed by atoms with Crippen molar-refractivity contribution in [3.8, 4) is 0 Å². The van der Waals surface area contributed by atoms with Gasteiger partial charge < -0.3 is 5.32 Å². The van der Waals surface area contributed by atoms with Crippen molar-refractivity contribution >= 4 is 27.9 Å². The molecule has 1 N–H and O–H groups in total. The number of anilines is 1. The number of aryl methyl sites for hydroxylation is 4. The van der Waals surface area contributed by atoms with Crippen molar-refractivity contribution in [3.63, 3.8) is 0 Å². The average Bonchev–Trinajstić information content (AvgIpc) is 3.18. The second-order valence-corrected chi connectivity index (χ2v) is 7.89. The van der Waals surface area contributed by atoms with E-state index in [-0.39, 0.29) is 5.91 Å². The van der Waals surface area contributed by atoms with E-state index >= 15 is 0 Å². The van der Waals surface area contributed by atoms with Gasteiger partial charge in [0.25, 0.3) is 0 Å². The number of hydrogen-bond acceptors (Lipinski definition) is 5. The van der Waals surface area contributed by atoms with Crippen LogP contribution in [0.5, 0.6) is 0 Å². The maximum absolute atomic E-state index is 12.3. The molecule has 2 heterocycles. The molecule has 1 aromatic carbocycles. The lowest BCUT2D eigenvalue weighted by atomic mass is 10.0. The topological polar surface area (TPSA) is 72.2 Å². The van der Waals surface area contributed by atoms with Crippen LogP contribution in [0.2, 0.25) is 0 Å². The highest BCUT2D eigenvalue weighted by Gasteiger charge is 2.30. The second-order valence-electron chi connectivity index (χ2n) is 6.84. The predicted molar refractivity (Wildman–Crippen MR) is 98.2 cm³/mol. The van der Waals surface area contributed by atoms with Crippen molar-refractivity contribution in [1.82, 2.24) is 19.8 Å². The molecule has 130 valence electrons. The van der Waals surface area contributed by atoms with Gasteiger partial charge in [0.05, 0.1) is 0 Å². The van der Waals surface area contributed by atoms with Crippen LogP contribution in [0.15, 0.2) is 12.1 Å². The van der Waals surface area contributed by atoms with Crippen LogP contribution in [0.3, 0.4) is 0 Å². The zero-order chi connectivity index (χ0) is 17.6. The molecule has 0 atom stereocenters. The predicted octanol–water partition coefficient (Wildman–Crippen LogP) is 3.56. The summed E-state index contributed by atoms with van der Waals surface area (Å²) in [6, 6.07) is 4.18. The highest BCUT2D eigenvalue weighted by Crippen LogP contribution is 2.39. The number of fused-ring (bicyclic) bond motifs is 1. The molecule has 0 radical (unpaired) electrons. The summed E-state index contributed by atoms with van der Waals surface area (Å²) >= 11 is 1.52. The third kappa shape index (κ3) is 3.28. The number of benzene rings is 1. The molecule has 3 aromatic rings. The molecule has 0 spiro atoms. The highest BCUT2D eigenvalue weighted by atomic mass is 32.1. The van der Waals surface area contributed by atoms with E-state index < -0.39 is 0 Å². The number of aromatic nitrogens is 4. The van der Waals surface area contributed by atoms with Crippen molar-refractivity contribution < 1.29 is 4.79 Å². The Bertz CT molecular complexity index is 931. The van der Waals surface area contributed by atoms with Gasteiger partial charge in [-0.05, 0) is 44.7 Å². The summed E-state index contributed by atoms with van der Waals surface area (Å²) in [6.07, 6.45) is 3.38. The van der Waals surface area contributed by atoms with E-state index in [9.17, 15) is 4.79 Å². The summed E-state index contributed by atoms with van der Waals surface area (Å²) in [7, 11) is 0. The molecular weight excluding hydrogens is 334 g/mol. The van der Waals surface area contributed by atoms with Gasteiger partial charge in [0.2, 0.25) is 10.9 Å². The Morgan fingerprint density at radius 3 is 2.64 bits per heavy atom. The first-order valence-electron chi connectivity index (χ1n) is 8.60. The molecular formula is C18H21N5OS. The van der Waals surface area contributed by atoms with Crippen LogP contribution >= 0.6 is 11.3 Å². The van der Waals surface area contributed by atoms with Crippen LogP contribution in [-0.2, 0) is 11.2 Å². The molecule has 1 amide bonds. The smallest absolute Gasteiger partial charge is 0.234 e. The summed E-state index contributed by atoms with van der Waals surface area (Å²) in [6.45, 7) is 6.12. The van der Waals surface area contributed by atoms with E-state index in [1.165, 1.54) is 29.7 Å². The van der Waals surface area contributed by atoms with Gasteiger partial charge >= 0.3 is 0 Å². The van der Waals surface area contributed by atoms with Crippen molar-refractivity contribution in [2.45, 2.75) is 52.4 Å². The molecule has 7 heteroatoms. The van der Waals surface area contributed by atoms with Gasteiger partial charge in [-0.1, -0.05) is 29.0 Å². The van der Waals surface area contributed by atoms with Crippen LogP contribution < -0.4 is 5.32 Å². The molecule has 1 saturated carbocycles. The Balaban J connectivity index is 1.42. The van der Waals surface area contributed by atoms with Crippen LogP contribution in [0, 0.1) is 20.8 Å². The van der Waals surface area contributed by atoms with Gasteiger partial charge in [0.15, 0.2) is 5.82 Å². The lowest BCUT2D eigenvalue weighted by molar-refractivity contribution is -0.116. The van der Waals surface area contributed by atoms with Gasteiger partial charge in [0, 0.05) is 24.4 Å². The third-order valence-electron chi connectivity index (χ3n) is 4.51. The van der Waals surface area contributed by atoms with E-state index in [2.05, 4.69) is 39.7 Å². The maximum atomic E-state index is 12.3. The van der Waals surface area contributed by atoms with Gasteiger partial charge in [-0.15, -0.1) is 10.2 Å². The Morgan fingerprint density at radius 2 is 1.96 bits per heavy atom. The van der Waals surface area contributed by atoms with Gasteiger partial charge in [-0.25, -0.2) is 0 Å². The second kappa shape index (κ2) is 6.22. The fourth-order valence-electron chi connectivity index (χ4n) is 3.17. The van der Waals surface area contributed by atoms with Crippen LogP contribution in [0.1, 0.15) is 52.7 Å². The van der Waals surface area contributed by atoms with Gasteiger partial charge in [-0.3, -0.25) is 4.79 Å². The summed E-state index contributed by atoms with van der Waals surface area (Å²) in [5, 5.41) is 17.0. The fourth-order valence-corrected chi connectivity index (χ4v) is 4.01. The molecule has 2 aromatic heterocycles. The zero-order valence-corrected chi connectivity index (χ0v) is 15.5. The highest BCUT2D eigenvalue weighted by molar-refractivity contribution is 7.16. The molecule has 0 bridgehead atoms. The van der Waals surface area contributed by atoms with Gasteiger partial charge in [-0.2, -0.15) is 9.61 Å². The molecule has 4 rings (SSSR count). The van der Waals surface area contributed by atoms with Crippen molar-refractivity contribution in [2.75, 3.05) is 5.32 Å². The van der Waals surface area contributed by atoms with E-state index in [4.69, 9.17) is 0 Å². The van der Waals surface area contributed by atoms with Crippen LogP contribution in [0.25, 0.3) is 4.96 Å². The van der Waals surface area contributed by atoms with Crippen molar-refractivity contribution in [1.29, 1.82) is 0 Å². The number of carbonyl (C=O) groups excluding carboxylic acids is 1.